The molecule has 2 aliphatic rings. The number of piperidine rings is 1. The van der Waals surface area contributed by atoms with E-state index in [0.717, 1.165) is 48.9 Å². The number of nitrogens with two attached hydrogens (primary N) is 1. The van der Waals surface area contributed by atoms with Gasteiger partial charge in [-0.25, -0.2) is 4.98 Å². The monoisotopic (exact) mass is 258 g/mol. The summed E-state index contributed by atoms with van der Waals surface area (Å²) in [6, 6.07) is 2.46. The van der Waals surface area contributed by atoms with Crippen LogP contribution in [0.1, 0.15) is 18.4 Å². The third-order valence-electron chi connectivity index (χ3n) is 4.24. The first-order chi connectivity index (χ1) is 9.34. The third-order valence-corrected chi connectivity index (χ3v) is 4.24. The molecule has 0 unspecified atom stereocenters. The predicted molar refractivity (Wildman–Crippen MR) is 74.3 cm³/mol. The number of aromatic nitrogens is 3. The van der Waals surface area contributed by atoms with Gasteiger partial charge in [0.15, 0.2) is 5.65 Å². The normalized spacial score (nSPS) is 22.9. The standard InChI is InChI=1S/C13H18N6/c14-12-10-4-7-18(9-2-1-5-15-8-9)13(10)17-11-3-6-16-19(11)12/h3,6,9,15H,1-2,4-5,7-8,14H2/t9-/m0/s1. The fourth-order valence-corrected chi connectivity index (χ4v) is 3.26. The maximum absolute atomic E-state index is 6.22. The molecule has 2 aromatic rings. The topological polar surface area (TPSA) is 71.5 Å². The summed E-state index contributed by atoms with van der Waals surface area (Å²) in [6.45, 7) is 3.20. The Labute approximate surface area is 111 Å². The average molecular weight is 258 g/mol. The summed E-state index contributed by atoms with van der Waals surface area (Å²) < 4.78 is 1.74. The molecule has 1 saturated heterocycles. The lowest BCUT2D eigenvalue weighted by Gasteiger charge is -2.32. The van der Waals surface area contributed by atoms with Crippen molar-refractivity contribution in [3.05, 3.63) is 17.8 Å². The zero-order chi connectivity index (χ0) is 12.8. The summed E-state index contributed by atoms with van der Waals surface area (Å²) in [5.74, 6) is 1.82. The van der Waals surface area contributed by atoms with E-state index in [9.17, 15) is 0 Å². The first-order valence-electron chi connectivity index (χ1n) is 6.94. The number of anilines is 2. The van der Waals surface area contributed by atoms with Crippen molar-refractivity contribution < 1.29 is 0 Å². The van der Waals surface area contributed by atoms with E-state index >= 15 is 0 Å². The van der Waals surface area contributed by atoms with Crippen molar-refractivity contribution in [2.24, 2.45) is 0 Å². The van der Waals surface area contributed by atoms with Crippen molar-refractivity contribution in [3.63, 3.8) is 0 Å². The van der Waals surface area contributed by atoms with Crippen LogP contribution in [0.2, 0.25) is 0 Å². The fourth-order valence-electron chi connectivity index (χ4n) is 3.26. The van der Waals surface area contributed by atoms with E-state index in [4.69, 9.17) is 10.7 Å². The van der Waals surface area contributed by atoms with Gasteiger partial charge in [0.2, 0.25) is 0 Å². The average Bonchev–Trinajstić information content (AvgIpc) is 3.07. The van der Waals surface area contributed by atoms with E-state index in [1.807, 2.05) is 6.07 Å². The van der Waals surface area contributed by atoms with Gasteiger partial charge in [-0.1, -0.05) is 0 Å². The van der Waals surface area contributed by atoms with Gasteiger partial charge in [0.1, 0.15) is 11.6 Å². The lowest BCUT2D eigenvalue weighted by atomic mass is 10.1. The first kappa shape index (κ1) is 11.0. The van der Waals surface area contributed by atoms with Crippen LogP contribution in [0.3, 0.4) is 0 Å². The molecule has 0 spiro atoms. The molecule has 0 radical (unpaired) electrons. The highest BCUT2D eigenvalue weighted by molar-refractivity contribution is 5.66. The van der Waals surface area contributed by atoms with Gasteiger partial charge in [-0.15, -0.1) is 0 Å². The van der Waals surface area contributed by atoms with Crippen LogP contribution < -0.4 is 16.0 Å². The second kappa shape index (κ2) is 4.09. The molecule has 0 aliphatic carbocycles. The quantitative estimate of drug-likeness (QED) is 0.776. The van der Waals surface area contributed by atoms with Gasteiger partial charge in [0.25, 0.3) is 0 Å². The molecule has 0 amide bonds. The molecule has 4 heterocycles. The minimum absolute atomic E-state index is 0.548. The number of nitrogens with zero attached hydrogens (tertiary/aromatic N) is 4. The third kappa shape index (κ3) is 1.59. The Bertz CT molecular complexity index is 613. The Morgan fingerprint density at radius 1 is 1.42 bits per heavy atom. The summed E-state index contributed by atoms with van der Waals surface area (Å²) in [7, 11) is 0. The van der Waals surface area contributed by atoms with Crippen molar-refractivity contribution in [2.75, 3.05) is 30.3 Å². The fraction of sp³-hybridized carbons (Fsp3) is 0.538. The highest BCUT2D eigenvalue weighted by atomic mass is 15.3. The zero-order valence-electron chi connectivity index (χ0n) is 10.8. The van der Waals surface area contributed by atoms with E-state index in [-0.39, 0.29) is 0 Å². The van der Waals surface area contributed by atoms with E-state index < -0.39 is 0 Å². The van der Waals surface area contributed by atoms with Gasteiger partial charge in [0.05, 0.1) is 6.20 Å². The van der Waals surface area contributed by atoms with Gasteiger partial charge < -0.3 is 16.0 Å². The molecule has 0 saturated carbocycles. The molecule has 1 atom stereocenters. The largest absolute Gasteiger partial charge is 0.383 e. The highest BCUT2D eigenvalue weighted by Crippen LogP contribution is 2.33. The van der Waals surface area contributed by atoms with E-state index in [1.54, 1.807) is 10.7 Å². The Morgan fingerprint density at radius 2 is 2.37 bits per heavy atom. The summed E-state index contributed by atoms with van der Waals surface area (Å²) >= 11 is 0. The van der Waals surface area contributed by atoms with E-state index in [1.165, 1.54) is 12.8 Å². The summed E-state index contributed by atoms with van der Waals surface area (Å²) in [6.07, 6.45) is 5.19. The Morgan fingerprint density at radius 3 is 3.21 bits per heavy atom. The van der Waals surface area contributed by atoms with Gasteiger partial charge in [0, 0.05) is 30.8 Å². The maximum Gasteiger partial charge on any atom is 0.159 e. The number of rotatable bonds is 1. The number of nitrogen functional groups attached to an aromatic ring is 1. The van der Waals surface area contributed by atoms with Crippen molar-refractivity contribution in [2.45, 2.75) is 25.3 Å². The number of fused-ring (bicyclic) bond motifs is 2. The molecule has 4 rings (SSSR count). The van der Waals surface area contributed by atoms with Crippen molar-refractivity contribution in [1.82, 2.24) is 19.9 Å². The lowest BCUT2D eigenvalue weighted by Crippen LogP contribution is -2.45. The second-order valence-corrected chi connectivity index (χ2v) is 5.34. The molecule has 0 aromatic carbocycles. The van der Waals surface area contributed by atoms with Crippen LogP contribution in [0.15, 0.2) is 12.3 Å². The molecule has 3 N–H and O–H groups in total. The van der Waals surface area contributed by atoms with Crippen LogP contribution in [0.25, 0.3) is 5.65 Å². The van der Waals surface area contributed by atoms with Crippen LogP contribution in [-0.4, -0.2) is 40.3 Å². The van der Waals surface area contributed by atoms with E-state index in [2.05, 4.69) is 15.3 Å². The first-order valence-corrected chi connectivity index (χ1v) is 6.94. The smallest absolute Gasteiger partial charge is 0.159 e. The molecule has 1 fully saturated rings. The molecule has 2 aliphatic heterocycles. The Hall–Kier alpha value is -1.82. The summed E-state index contributed by atoms with van der Waals surface area (Å²) in [5, 5.41) is 7.70. The Balaban J connectivity index is 1.78. The van der Waals surface area contributed by atoms with Crippen LogP contribution >= 0.6 is 0 Å². The van der Waals surface area contributed by atoms with Gasteiger partial charge in [-0.3, -0.25) is 0 Å². The number of hydrogen-bond acceptors (Lipinski definition) is 5. The lowest BCUT2D eigenvalue weighted by molar-refractivity contribution is 0.436. The minimum Gasteiger partial charge on any atom is -0.383 e. The number of hydrogen-bond donors (Lipinski definition) is 2. The highest BCUT2D eigenvalue weighted by Gasteiger charge is 2.30. The molecule has 2 aromatic heterocycles. The summed E-state index contributed by atoms with van der Waals surface area (Å²) in [5.41, 5.74) is 8.22. The van der Waals surface area contributed by atoms with Gasteiger partial charge in [-0.05, 0) is 25.8 Å². The molecular formula is C13H18N6. The molecule has 6 nitrogen and oxygen atoms in total. The van der Waals surface area contributed by atoms with Crippen molar-refractivity contribution in [3.8, 4) is 0 Å². The second-order valence-electron chi connectivity index (χ2n) is 5.34. The minimum atomic E-state index is 0.548. The van der Waals surface area contributed by atoms with Crippen LogP contribution in [-0.2, 0) is 6.42 Å². The molecule has 6 heteroatoms. The van der Waals surface area contributed by atoms with Crippen molar-refractivity contribution >= 4 is 17.3 Å². The summed E-state index contributed by atoms with van der Waals surface area (Å²) in [4.78, 5) is 7.17. The predicted octanol–water partition coefficient (Wildman–Crippen LogP) is 0.426. The molecular weight excluding hydrogens is 240 g/mol. The van der Waals surface area contributed by atoms with Crippen LogP contribution in [0.5, 0.6) is 0 Å². The van der Waals surface area contributed by atoms with Gasteiger partial charge in [-0.2, -0.15) is 9.61 Å². The maximum atomic E-state index is 6.22. The van der Waals surface area contributed by atoms with E-state index in [0.29, 0.717) is 6.04 Å². The van der Waals surface area contributed by atoms with Crippen LogP contribution in [0.4, 0.5) is 11.6 Å². The van der Waals surface area contributed by atoms with Gasteiger partial charge >= 0.3 is 0 Å². The zero-order valence-corrected chi connectivity index (χ0v) is 10.8. The Kier molecular flexibility index (Phi) is 2.38. The SMILES string of the molecule is Nc1c2c(nc3ccnn13)N([C@H]1CCCNC1)CC2. The van der Waals surface area contributed by atoms with Crippen molar-refractivity contribution in [1.29, 1.82) is 0 Å². The molecule has 0 bridgehead atoms. The molecule has 100 valence electrons. The molecule has 19 heavy (non-hydrogen) atoms. The number of nitrogens with one attached hydrogen (secondary N) is 1. The van der Waals surface area contributed by atoms with Crippen LogP contribution in [0, 0.1) is 0 Å².